The molecule has 0 aliphatic rings. The molecule has 5 aromatic carbocycles. The molecule has 0 aliphatic carbocycles. The lowest BCUT2D eigenvalue weighted by atomic mass is 9.95. The van der Waals surface area contributed by atoms with Crippen molar-refractivity contribution in [1.82, 2.24) is 4.98 Å². The van der Waals surface area contributed by atoms with Gasteiger partial charge in [-0.3, -0.25) is 4.98 Å². The van der Waals surface area contributed by atoms with Gasteiger partial charge < -0.3 is 0 Å². The highest BCUT2D eigenvalue weighted by atomic mass is 32.2. The van der Waals surface area contributed by atoms with E-state index in [4.69, 9.17) is 4.98 Å². The molecule has 6 aromatic rings. The molecule has 0 radical (unpaired) electrons. The summed E-state index contributed by atoms with van der Waals surface area (Å²) < 4.78 is 0. The molecule has 33 heavy (non-hydrogen) atoms. The molecule has 156 valence electrons. The monoisotopic (exact) mass is 439 g/mol. The first-order valence-electron chi connectivity index (χ1n) is 11.1. The van der Waals surface area contributed by atoms with Crippen molar-refractivity contribution in [2.75, 3.05) is 0 Å². The van der Waals surface area contributed by atoms with Crippen molar-refractivity contribution in [3.8, 4) is 22.3 Å². The van der Waals surface area contributed by atoms with Crippen molar-refractivity contribution in [3.05, 3.63) is 128 Å². The molecular weight excluding hydrogens is 418 g/mol. The maximum Gasteiger partial charge on any atom is 0.0798 e. The second-order valence-corrected chi connectivity index (χ2v) is 9.09. The standard InChI is InChI=1S/C31H21NS/c1-3-10-22(11-4-1)23-17-19-25(20-18-23)33-31-27-15-8-7-14-26(27)29(24-12-5-2-6-13-24)30-28(31)16-9-21-32-30/h1-21H. The Morgan fingerprint density at radius 1 is 0.455 bits per heavy atom. The highest BCUT2D eigenvalue weighted by molar-refractivity contribution is 7.99. The minimum atomic E-state index is 1.05. The smallest absolute Gasteiger partial charge is 0.0798 e. The third-order valence-electron chi connectivity index (χ3n) is 5.97. The van der Waals surface area contributed by atoms with Crippen molar-refractivity contribution in [2.45, 2.75) is 9.79 Å². The molecule has 6 rings (SSSR count). The number of hydrogen-bond donors (Lipinski definition) is 0. The van der Waals surface area contributed by atoms with Crippen LogP contribution in [0.4, 0.5) is 0 Å². The number of nitrogens with zero attached hydrogens (tertiary/aromatic N) is 1. The average Bonchev–Trinajstić information content (AvgIpc) is 2.90. The molecule has 0 fully saturated rings. The third kappa shape index (κ3) is 3.69. The summed E-state index contributed by atoms with van der Waals surface area (Å²) >= 11 is 1.81. The van der Waals surface area contributed by atoms with Crippen molar-refractivity contribution in [2.24, 2.45) is 0 Å². The van der Waals surface area contributed by atoms with Crippen molar-refractivity contribution >= 4 is 33.4 Å². The Morgan fingerprint density at radius 2 is 1.03 bits per heavy atom. The summed E-state index contributed by atoms with van der Waals surface area (Å²) in [6, 6.07) is 42.9. The highest BCUT2D eigenvalue weighted by Gasteiger charge is 2.16. The lowest BCUT2D eigenvalue weighted by Gasteiger charge is -2.16. The Hall–Kier alpha value is -3.88. The van der Waals surface area contributed by atoms with Crippen molar-refractivity contribution < 1.29 is 0 Å². The predicted octanol–water partition coefficient (Wildman–Crippen LogP) is 8.87. The second kappa shape index (κ2) is 8.57. The van der Waals surface area contributed by atoms with Gasteiger partial charge in [-0.25, -0.2) is 0 Å². The van der Waals surface area contributed by atoms with Crippen LogP contribution >= 0.6 is 11.8 Å². The zero-order valence-corrected chi connectivity index (χ0v) is 18.8. The number of benzene rings is 5. The van der Waals surface area contributed by atoms with E-state index in [0.717, 1.165) is 5.52 Å². The quantitative estimate of drug-likeness (QED) is 0.254. The van der Waals surface area contributed by atoms with E-state index in [1.807, 2.05) is 24.0 Å². The Labute approximate surface area is 197 Å². The summed E-state index contributed by atoms with van der Waals surface area (Å²) in [6.07, 6.45) is 1.90. The molecule has 0 amide bonds. The van der Waals surface area contributed by atoms with E-state index in [2.05, 4.69) is 115 Å². The Balaban J connectivity index is 1.52. The van der Waals surface area contributed by atoms with Gasteiger partial charge in [-0.05, 0) is 45.7 Å². The van der Waals surface area contributed by atoms with Gasteiger partial charge in [0.15, 0.2) is 0 Å². The average molecular weight is 440 g/mol. The van der Waals surface area contributed by atoms with E-state index >= 15 is 0 Å². The summed E-state index contributed by atoms with van der Waals surface area (Å²) in [4.78, 5) is 7.32. The van der Waals surface area contributed by atoms with Crippen molar-refractivity contribution in [3.63, 3.8) is 0 Å². The van der Waals surface area contributed by atoms with E-state index < -0.39 is 0 Å². The van der Waals surface area contributed by atoms with Gasteiger partial charge in [-0.2, -0.15) is 0 Å². The zero-order valence-electron chi connectivity index (χ0n) is 18.0. The molecule has 1 aromatic heterocycles. The summed E-state index contributed by atoms with van der Waals surface area (Å²) in [7, 11) is 0. The first-order valence-corrected chi connectivity index (χ1v) is 11.9. The molecule has 0 N–H and O–H groups in total. The summed E-state index contributed by atoms with van der Waals surface area (Å²) in [5.74, 6) is 0. The number of aromatic nitrogens is 1. The number of rotatable bonds is 4. The van der Waals surface area contributed by atoms with E-state index in [-0.39, 0.29) is 0 Å². The van der Waals surface area contributed by atoms with Gasteiger partial charge in [0, 0.05) is 26.9 Å². The lowest BCUT2D eigenvalue weighted by Crippen LogP contribution is -1.91. The van der Waals surface area contributed by atoms with Gasteiger partial charge in [-0.15, -0.1) is 0 Å². The minimum absolute atomic E-state index is 1.05. The van der Waals surface area contributed by atoms with Gasteiger partial charge in [0.25, 0.3) is 0 Å². The van der Waals surface area contributed by atoms with Gasteiger partial charge >= 0.3 is 0 Å². The molecule has 1 heterocycles. The fraction of sp³-hybridized carbons (Fsp3) is 0. The number of fused-ring (bicyclic) bond motifs is 2. The van der Waals surface area contributed by atoms with Gasteiger partial charge in [0.1, 0.15) is 0 Å². The van der Waals surface area contributed by atoms with Gasteiger partial charge in [0.05, 0.1) is 5.52 Å². The maximum absolute atomic E-state index is 4.85. The molecule has 0 bridgehead atoms. The molecule has 0 spiro atoms. The fourth-order valence-electron chi connectivity index (χ4n) is 4.43. The molecule has 0 saturated carbocycles. The van der Waals surface area contributed by atoms with Crippen LogP contribution in [0, 0.1) is 0 Å². The minimum Gasteiger partial charge on any atom is -0.256 e. The third-order valence-corrected chi connectivity index (χ3v) is 7.13. The van der Waals surface area contributed by atoms with Crippen LogP contribution < -0.4 is 0 Å². The summed E-state index contributed by atoms with van der Waals surface area (Å²) in [5.41, 5.74) is 5.91. The fourth-order valence-corrected chi connectivity index (χ4v) is 5.50. The maximum atomic E-state index is 4.85. The largest absolute Gasteiger partial charge is 0.256 e. The van der Waals surface area contributed by atoms with Crippen LogP contribution in [-0.2, 0) is 0 Å². The topological polar surface area (TPSA) is 12.9 Å². The van der Waals surface area contributed by atoms with Crippen LogP contribution in [-0.4, -0.2) is 4.98 Å². The molecule has 0 atom stereocenters. The molecule has 0 aliphatic heterocycles. The van der Waals surface area contributed by atoms with Crippen LogP contribution in [0.25, 0.3) is 43.9 Å². The molecule has 2 heteroatoms. The van der Waals surface area contributed by atoms with Crippen LogP contribution in [0.5, 0.6) is 0 Å². The van der Waals surface area contributed by atoms with E-state index in [1.165, 1.54) is 48.2 Å². The Bertz CT molecular complexity index is 1500. The van der Waals surface area contributed by atoms with Crippen LogP contribution in [0.2, 0.25) is 0 Å². The summed E-state index contributed by atoms with van der Waals surface area (Å²) in [6.45, 7) is 0. The molecule has 0 saturated heterocycles. The van der Waals surface area contributed by atoms with Crippen molar-refractivity contribution in [1.29, 1.82) is 0 Å². The summed E-state index contributed by atoms with van der Waals surface area (Å²) in [5, 5.41) is 3.68. The Kier molecular flexibility index (Phi) is 5.14. The predicted molar refractivity (Wildman–Crippen MR) is 141 cm³/mol. The van der Waals surface area contributed by atoms with Gasteiger partial charge in [0.2, 0.25) is 0 Å². The van der Waals surface area contributed by atoms with Gasteiger partial charge in [-0.1, -0.05) is 115 Å². The van der Waals surface area contributed by atoms with E-state index in [9.17, 15) is 0 Å². The zero-order chi connectivity index (χ0) is 22.0. The SMILES string of the molecule is c1ccc(-c2ccc(Sc3c4ccccc4c(-c4ccccc4)c4ncccc34)cc2)cc1. The van der Waals surface area contributed by atoms with E-state index in [1.54, 1.807) is 0 Å². The number of hydrogen-bond acceptors (Lipinski definition) is 2. The normalized spacial score (nSPS) is 11.2. The highest BCUT2D eigenvalue weighted by Crippen LogP contribution is 2.44. The first kappa shape index (κ1) is 19.8. The van der Waals surface area contributed by atoms with E-state index in [0.29, 0.717) is 0 Å². The van der Waals surface area contributed by atoms with Crippen LogP contribution in [0.15, 0.2) is 137 Å². The molecule has 1 nitrogen and oxygen atoms in total. The number of pyridine rings is 1. The van der Waals surface area contributed by atoms with Crippen LogP contribution in [0.1, 0.15) is 0 Å². The van der Waals surface area contributed by atoms with Crippen LogP contribution in [0.3, 0.4) is 0 Å². The Morgan fingerprint density at radius 3 is 1.76 bits per heavy atom. The molecule has 0 unspecified atom stereocenters. The second-order valence-electron chi connectivity index (χ2n) is 8.01. The molecular formula is C31H21NS. The lowest BCUT2D eigenvalue weighted by molar-refractivity contribution is 1.39. The first-order chi connectivity index (χ1) is 16.4.